The zero-order chi connectivity index (χ0) is 20.2. The molecule has 4 nitrogen and oxygen atoms in total. The molecule has 0 fully saturated rings. The summed E-state index contributed by atoms with van der Waals surface area (Å²) in [6.07, 6.45) is -4.78. The number of nitrogens with zero attached hydrogens (tertiary/aromatic N) is 1. The lowest BCUT2D eigenvalue weighted by atomic mass is 9.93. The van der Waals surface area contributed by atoms with Crippen molar-refractivity contribution in [2.75, 3.05) is 6.54 Å². The van der Waals surface area contributed by atoms with E-state index in [1.165, 1.54) is 19.1 Å². The van der Waals surface area contributed by atoms with Crippen molar-refractivity contribution in [1.82, 2.24) is 10.3 Å². The van der Waals surface area contributed by atoms with Crippen LogP contribution in [0.3, 0.4) is 0 Å². The van der Waals surface area contributed by atoms with Gasteiger partial charge in [-0.25, -0.2) is 4.98 Å². The maximum absolute atomic E-state index is 12.7. The van der Waals surface area contributed by atoms with Crippen LogP contribution in [0.5, 0.6) is 5.75 Å². The van der Waals surface area contributed by atoms with Crippen molar-refractivity contribution in [2.24, 2.45) is 0 Å². The number of benzene rings is 1. The van der Waals surface area contributed by atoms with E-state index < -0.39 is 17.8 Å². The number of carbonyl (C=O) groups is 1. The van der Waals surface area contributed by atoms with E-state index in [9.17, 15) is 18.0 Å². The summed E-state index contributed by atoms with van der Waals surface area (Å²) < 4.78 is 43.5. The second-order valence-corrected chi connectivity index (χ2v) is 8.15. The van der Waals surface area contributed by atoms with E-state index in [-0.39, 0.29) is 17.1 Å². The number of thiazole rings is 1. The zero-order valence-corrected chi connectivity index (χ0v) is 16.5. The van der Waals surface area contributed by atoms with Crippen molar-refractivity contribution in [2.45, 2.75) is 51.8 Å². The average Bonchev–Trinajstić information content (AvgIpc) is 3.03. The van der Waals surface area contributed by atoms with E-state index in [1.54, 1.807) is 11.3 Å². The summed E-state index contributed by atoms with van der Waals surface area (Å²) in [7, 11) is 0. The lowest BCUT2D eigenvalue weighted by Crippen LogP contribution is -2.37. The van der Waals surface area contributed by atoms with Gasteiger partial charge in [0.15, 0.2) is 6.10 Å². The first-order chi connectivity index (χ1) is 12.5. The highest BCUT2D eigenvalue weighted by atomic mass is 32.1. The van der Waals surface area contributed by atoms with Crippen LogP contribution in [-0.2, 0) is 22.8 Å². The molecule has 0 aliphatic rings. The first-order valence-corrected chi connectivity index (χ1v) is 9.41. The molecule has 1 aromatic carbocycles. The SMILES string of the molecule is C[C@@H](Oc1cccc(C(F)(F)F)c1)C(=O)NCCc1nc(C(C)(C)C)cs1. The summed E-state index contributed by atoms with van der Waals surface area (Å²) >= 11 is 1.54. The van der Waals surface area contributed by atoms with Crippen molar-refractivity contribution < 1.29 is 22.7 Å². The van der Waals surface area contributed by atoms with Gasteiger partial charge in [0.05, 0.1) is 16.3 Å². The number of carbonyl (C=O) groups excluding carboxylic acids is 1. The van der Waals surface area contributed by atoms with Gasteiger partial charge in [0.2, 0.25) is 0 Å². The Morgan fingerprint density at radius 2 is 2.00 bits per heavy atom. The third kappa shape index (κ3) is 6.23. The summed E-state index contributed by atoms with van der Waals surface area (Å²) in [5, 5.41) is 5.66. The number of ether oxygens (including phenoxy) is 1. The molecule has 0 saturated heterocycles. The van der Waals surface area contributed by atoms with Crippen LogP contribution >= 0.6 is 11.3 Å². The molecule has 1 heterocycles. The minimum absolute atomic E-state index is 0.00205. The number of hydrogen-bond donors (Lipinski definition) is 1. The molecule has 8 heteroatoms. The van der Waals surface area contributed by atoms with Gasteiger partial charge in [0, 0.05) is 23.8 Å². The number of alkyl halides is 3. The molecule has 148 valence electrons. The second kappa shape index (κ2) is 8.29. The second-order valence-electron chi connectivity index (χ2n) is 7.20. The Morgan fingerprint density at radius 3 is 2.59 bits per heavy atom. The molecular weight excluding hydrogens is 377 g/mol. The summed E-state index contributed by atoms with van der Waals surface area (Å²) in [5.41, 5.74) is 0.173. The van der Waals surface area contributed by atoms with Crippen LogP contribution in [-0.4, -0.2) is 23.5 Å². The Kier molecular flexibility index (Phi) is 6.51. The monoisotopic (exact) mass is 400 g/mol. The van der Waals surface area contributed by atoms with E-state index in [4.69, 9.17) is 4.74 Å². The van der Waals surface area contributed by atoms with Crippen LogP contribution in [0.25, 0.3) is 0 Å². The van der Waals surface area contributed by atoms with E-state index >= 15 is 0 Å². The maximum atomic E-state index is 12.7. The Labute approximate surface area is 160 Å². The van der Waals surface area contributed by atoms with Crippen LogP contribution in [0.2, 0.25) is 0 Å². The third-order valence-corrected chi connectivity index (χ3v) is 4.71. The number of aromatic nitrogens is 1. The molecule has 27 heavy (non-hydrogen) atoms. The number of amides is 1. The highest BCUT2D eigenvalue weighted by Crippen LogP contribution is 2.31. The molecule has 2 aromatic rings. The topological polar surface area (TPSA) is 51.2 Å². The third-order valence-electron chi connectivity index (χ3n) is 3.80. The standard InChI is InChI=1S/C19H23F3N2O2S/c1-12(26-14-7-5-6-13(10-14)19(20,21)22)17(25)23-9-8-16-24-15(11-27-16)18(2,3)4/h5-7,10-12H,8-9H2,1-4H3,(H,23,25)/t12-/m1/s1. The average molecular weight is 400 g/mol. The Bertz CT molecular complexity index is 782. The van der Waals surface area contributed by atoms with Gasteiger partial charge in [-0.2, -0.15) is 13.2 Å². The van der Waals surface area contributed by atoms with Crippen LogP contribution in [0, 0.1) is 0 Å². The van der Waals surface area contributed by atoms with Gasteiger partial charge < -0.3 is 10.1 Å². The molecule has 1 atom stereocenters. The fourth-order valence-electron chi connectivity index (χ4n) is 2.21. The molecule has 0 aliphatic heterocycles. The maximum Gasteiger partial charge on any atom is 0.416 e. The van der Waals surface area contributed by atoms with Gasteiger partial charge in [-0.15, -0.1) is 11.3 Å². The molecule has 2 rings (SSSR count). The molecular formula is C19H23F3N2O2S. The lowest BCUT2D eigenvalue weighted by molar-refractivity contribution is -0.137. The van der Waals surface area contributed by atoms with Crippen molar-refractivity contribution in [3.05, 3.63) is 45.9 Å². The minimum atomic E-state index is -4.45. The number of hydrogen-bond acceptors (Lipinski definition) is 4. The Hall–Kier alpha value is -2.09. The fraction of sp³-hybridized carbons (Fsp3) is 0.474. The minimum Gasteiger partial charge on any atom is -0.481 e. The van der Waals surface area contributed by atoms with Gasteiger partial charge in [-0.05, 0) is 25.1 Å². The normalized spacial score (nSPS) is 13.3. The van der Waals surface area contributed by atoms with E-state index in [0.29, 0.717) is 13.0 Å². The smallest absolute Gasteiger partial charge is 0.416 e. The fourth-order valence-corrected chi connectivity index (χ4v) is 3.23. The van der Waals surface area contributed by atoms with Gasteiger partial charge in [-0.3, -0.25) is 4.79 Å². The van der Waals surface area contributed by atoms with Gasteiger partial charge >= 0.3 is 6.18 Å². The molecule has 0 saturated carbocycles. The Morgan fingerprint density at radius 1 is 1.30 bits per heavy atom. The highest BCUT2D eigenvalue weighted by molar-refractivity contribution is 7.09. The molecule has 1 aromatic heterocycles. The lowest BCUT2D eigenvalue weighted by Gasteiger charge is -2.16. The number of halogens is 3. The number of nitrogens with one attached hydrogen (secondary N) is 1. The van der Waals surface area contributed by atoms with Crippen LogP contribution in [0.1, 0.15) is 44.0 Å². The summed E-state index contributed by atoms with van der Waals surface area (Å²) in [6, 6.07) is 4.48. The molecule has 1 N–H and O–H groups in total. The van der Waals surface area contributed by atoms with Gasteiger partial charge in [0.25, 0.3) is 5.91 Å². The van der Waals surface area contributed by atoms with Crippen molar-refractivity contribution in [3.8, 4) is 5.75 Å². The number of rotatable bonds is 6. The first-order valence-electron chi connectivity index (χ1n) is 8.53. The van der Waals surface area contributed by atoms with Gasteiger partial charge in [-0.1, -0.05) is 26.8 Å². The Balaban J connectivity index is 1.85. The molecule has 0 aliphatic carbocycles. The molecule has 1 amide bonds. The van der Waals surface area contributed by atoms with E-state index in [2.05, 4.69) is 31.1 Å². The predicted octanol–water partition coefficient (Wildman–Crippen LogP) is 4.59. The zero-order valence-electron chi connectivity index (χ0n) is 15.7. The largest absolute Gasteiger partial charge is 0.481 e. The predicted molar refractivity (Wildman–Crippen MR) is 99.1 cm³/mol. The first kappa shape index (κ1) is 21.2. The van der Waals surface area contributed by atoms with Crippen molar-refractivity contribution in [3.63, 3.8) is 0 Å². The summed E-state index contributed by atoms with van der Waals surface area (Å²) in [6.45, 7) is 8.13. The summed E-state index contributed by atoms with van der Waals surface area (Å²) in [4.78, 5) is 16.7. The highest BCUT2D eigenvalue weighted by Gasteiger charge is 2.30. The van der Waals surface area contributed by atoms with Crippen LogP contribution < -0.4 is 10.1 Å². The van der Waals surface area contributed by atoms with Crippen LogP contribution in [0.4, 0.5) is 13.2 Å². The molecule has 0 radical (unpaired) electrons. The molecule has 0 bridgehead atoms. The van der Waals surface area contributed by atoms with E-state index in [0.717, 1.165) is 22.8 Å². The molecule has 0 unspecified atom stereocenters. The van der Waals surface area contributed by atoms with Gasteiger partial charge in [0.1, 0.15) is 5.75 Å². The summed E-state index contributed by atoms with van der Waals surface area (Å²) in [5.74, 6) is -0.387. The van der Waals surface area contributed by atoms with Crippen molar-refractivity contribution >= 4 is 17.2 Å². The quantitative estimate of drug-likeness (QED) is 0.772. The molecule has 0 spiro atoms. The van der Waals surface area contributed by atoms with Crippen molar-refractivity contribution in [1.29, 1.82) is 0 Å². The van der Waals surface area contributed by atoms with E-state index in [1.807, 2.05) is 5.38 Å². The van der Waals surface area contributed by atoms with Crippen LogP contribution in [0.15, 0.2) is 29.6 Å².